The van der Waals surface area contributed by atoms with Gasteiger partial charge in [-0.2, -0.15) is 0 Å². The van der Waals surface area contributed by atoms with Gasteiger partial charge in [0.05, 0.1) is 5.52 Å². The van der Waals surface area contributed by atoms with E-state index in [0.29, 0.717) is 0 Å². The summed E-state index contributed by atoms with van der Waals surface area (Å²) in [6, 6.07) is 10.2. The predicted octanol–water partition coefficient (Wildman–Crippen LogP) is 2.70. The van der Waals surface area contributed by atoms with Crippen LogP contribution in [0.25, 0.3) is 10.9 Å². The Morgan fingerprint density at radius 1 is 1.25 bits per heavy atom. The van der Waals surface area contributed by atoms with Crippen molar-refractivity contribution in [1.29, 1.82) is 0 Å². The van der Waals surface area contributed by atoms with E-state index in [1.54, 1.807) is 0 Å². The number of amides is 1. The number of primary amides is 1. The Morgan fingerprint density at radius 2 is 2.00 bits per heavy atom. The first-order valence-corrected chi connectivity index (χ1v) is 7.54. The van der Waals surface area contributed by atoms with Crippen LogP contribution in [-0.2, 0) is 4.79 Å². The Bertz CT molecular complexity index is 651. The van der Waals surface area contributed by atoms with Gasteiger partial charge < -0.3 is 10.6 Å². The summed E-state index contributed by atoms with van der Waals surface area (Å²) in [7, 11) is 0. The van der Waals surface area contributed by atoms with Crippen molar-refractivity contribution in [3.05, 3.63) is 34.8 Å². The van der Waals surface area contributed by atoms with Crippen molar-refractivity contribution in [3.8, 4) is 0 Å². The number of benzene rings is 1. The van der Waals surface area contributed by atoms with Crippen molar-refractivity contribution in [2.24, 2.45) is 11.7 Å². The van der Waals surface area contributed by atoms with E-state index < -0.39 is 0 Å². The van der Waals surface area contributed by atoms with Crippen LogP contribution in [0.2, 0.25) is 0 Å². The highest BCUT2D eigenvalue weighted by molar-refractivity contribution is 9.10. The van der Waals surface area contributed by atoms with Crippen molar-refractivity contribution in [3.63, 3.8) is 0 Å². The van der Waals surface area contributed by atoms with E-state index in [9.17, 15) is 4.79 Å². The number of carbonyl (C=O) groups excluding carboxylic acids is 1. The molecule has 0 aliphatic carbocycles. The summed E-state index contributed by atoms with van der Waals surface area (Å²) < 4.78 is 1.00. The fraction of sp³-hybridized carbons (Fsp3) is 0.333. The highest BCUT2D eigenvalue weighted by atomic mass is 79.9. The van der Waals surface area contributed by atoms with Gasteiger partial charge in [0.1, 0.15) is 5.82 Å². The van der Waals surface area contributed by atoms with Crippen LogP contribution in [-0.4, -0.2) is 24.0 Å². The second-order valence-electron chi connectivity index (χ2n) is 5.14. The third kappa shape index (κ3) is 2.50. The molecule has 3 rings (SSSR count). The van der Waals surface area contributed by atoms with Crippen molar-refractivity contribution in [2.45, 2.75) is 12.8 Å². The summed E-state index contributed by atoms with van der Waals surface area (Å²) >= 11 is 3.54. The number of piperidine rings is 1. The lowest BCUT2D eigenvalue weighted by Crippen LogP contribution is -2.38. The monoisotopic (exact) mass is 333 g/mol. The molecule has 104 valence electrons. The molecule has 1 aliphatic rings. The topological polar surface area (TPSA) is 59.2 Å². The van der Waals surface area contributed by atoms with Gasteiger partial charge in [-0.05, 0) is 47.0 Å². The van der Waals surface area contributed by atoms with Gasteiger partial charge in [0, 0.05) is 28.9 Å². The zero-order chi connectivity index (χ0) is 14.1. The summed E-state index contributed by atoms with van der Waals surface area (Å²) in [5.41, 5.74) is 6.34. The molecule has 5 heteroatoms. The van der Waals surface area contributed by atoms with Gasteiger partial charge in [0.2, 0.25) is 5.91 Å². The number of nitrogens with zero attached hydrogens (tertiary/aromatic N) is 2. The second-order valence-corrected chi connectivity index (χ2v) is 6.00. The Balaban J connectivity index is 1.85. The molecule has 1 fully saturated rings. The summed E-state index contributed by atoms with van der Waals surface area (Å²) in [5, 5.41) is 1.12. The Morgan fingerprint density at radius 3 is 2.70 bits per heavy atom. The number of rotatable bonds is 2. The second kappa shape index (κ2) is 5.40. The minimum Gasteiger partial charge on any atom is -0.369 e. The van der Waals surface area contributed by atoms with Crippen LogP contribution in [0, 0.1) is 5.92 Å². The number of hydrogen-bond donors (Lipinski definition) is 1. The van der Waals surface area contributed by atoms with Gasteiger partial charge in [-0.15, -0.1) is 0 Å². The molecule has 0 unspecified atom stereocenters. The molecule has 0 radical (unpaired) electrons. The zero-order valence-corrected chi connectivity index (χ0v) is 12.6. The summed E-state index contributed by atoms with van der Waals surface area (Å²) in [4.78, 5) is 18.2. The smallest absolute Gasteiger partial charge is 0.220 e. The molecule has 1 aliphatic heterocycles. The maximum Gasteiger partial charge on any atom is 0.220 e. The highest BCUT2D eigenvalue weighted by Gasteiger charge is 2.23. The SMILES string of the molecule is NC(=O)C1CCN(c2ccc3cccc(Br)c3n2)CC1. The number of pyridine rings is 1. The van der Waals surface area contributed by atoms with E-state index >= 15 is 0 Å². The third-order valence-corrected chi connectivity index (χ3v) is 4.52. The summed E-state index contributed by atoms with van der Waals surface area (Å²) in [6.45, 7) is 1.66. The maximum atomic E-state index is 11.2. The number of halogens is 1. The summed E-state index contributed by atoms with van der Waals surface area (Å²) in [5.74, 6) is 0.796. The van der Waals surface area contributed by atoms with Crippen molar-refractivity contribution < 1.29 is 4.79 Å². The number of fused-ring (bicyclic) bond motifs is 1. The van der Waals surface area contributed by atoms with E-state index in [2.05, 4.69) is 33.0 Å². The highest BCUT2D eigenvalue weighted by Crippen LogP contribution is 2.27. The number of carbonyl (C=O) groups is 1. The van der Waals surface area contributed by atoms with Gasteiger partial charge in [-0.25, -0.2) is 4.98 Å². The number of hydrogen-bond acceptors (Lipinski definition) is 3. The molecule has 2 heterocycles. The van der Waals surface area contributed by atoms with Crippen LogP contribution in [0.1, 0.15) is 12.8 Å². The quantitative estimate of drug-likeness (QED) is 0.919. The van der Waals surface area contributed by atoms with Crippen LogP contribution in [0.4, 0.5) is 5.82 Å². The van der Waals surface area contributed by atoms with Crippen LogP contribution < -0.4 is 10.6 Å². The molecular formula is C15H16BrN3O. The Hall–Kier alpha value is -1.62. The van der Waals surface area contributed by atoms with E-state index in [1.165, 1.54) is 0 Å². The Labute approximate surface area is 126 Å². The van der Waals surface area contributed by atoms with Crippen molar-refractivity contribution in [2.75, 3.05) is 18.0 Å². The normalized spacial score (nSPS) is 16.6. The standard InChI is InChI=1S/C15H16BrN3O/c16-12-3-1-2-10-4-5-13(18-14(10)12)19-8-6-11(7-9-19)15(17)20/h1-5,11H,6-9H2,(H2,17,20). The van der Waals surface area contributed by atoms with Crippen molar-refractivity contribution >= 4 is 38.6 Å². The van der Waals surface area contributed by atoms with Crippen molar-refractivity contribution in [1.82, 2.24) is 4.98 Å². The van der Waals surface area contributed by atoms with Crippen LogP contribution in [0.15, 0.2) is 34.8 Å². The first kappa shape index (κ1) is 13.4. The number of aromatic nitrogens is 1. The fourth-order valence-corrected chi connectivity index (χ4v) is 3.14. The molecule has 0 atom stereocenters. The minimum atomic E-state index is -0.182. The molecule has 4 nitrogen and oxygen atoms in total. The van der Waals surface area contributed by atoms with Gasteiger partial charge >= 0.3 is 0 Å². The van der Waals surface area contributed by atoms with Gasteiger partial charge in [0.25, 0.3) is 0 Å². The van der Waals surface area contributed by atoms with Gasteiger partial charge in [-0.3, -0.25) is 4.79 Å². The van der Waals surface area contributed by atoms with E-state index in [4.69, 9.17) is 10.7 Å². The minimum absolute atomic E-state index is 0.0124. The molecule has 2 aromatic rings. The molecule has 1 saturated heterocycles. The van der Waals surface area contributed by atoms with Crippen LogP contribution >= 0.6 is 15.9 Å². The average Bonchev–Trinajstić information content (AvgIpc) is 2.47. The first-order valence-electron chi connectivity index (χ1n) is 6.74. The lowest BCUT2D eigenvalue weighted by Gasteiger charge is -2.31. The van der Waals surface area contributed by atoms with E-state index in [1.807, 2.05) is 18.2 Å². The lowest BCUT2D eigenvalue weighted by atomic mass is 9.96. The average molecular weight is 334 g/mol. The number of nitrogens with two attached hydrogens (primary N) is 1. The molecule has 2 N–H and O–H groups in total. The molecule has 0 bridgehead atoms. The van der Waals surface area contributed by atoms with E-state index in [0.717, 1.165) is 47.1 Å². The molecule has 0 saturated carbocycles. The number of para-hydroxylation sites is 1. The molecule has 1 aromatic carbocycles. The molecule has 20 heavy (non-hydrogen) atoms. The molecule has 0 spiro atoms. The predicted molar refractivity (Wildman–Crippen MR) is 83.6 cm³/mol. The summed E-state index contributed by atoms with van der Waals surface area (Å²) in [6.07, 6.45) is 1.62. The lowest BCUT2D eigenvalue weighted by molar-refractivity contribution is -0.122. The third-order valence-electron chi connectivity index (χ3n) is 3.88. The van der Waals surface area contributed by atoms with Gasteiger partial charge in [-0.1, -0.05) is 12.1 Å². The molecule has 1 aromatic heterocycles. The zero-order valence-electron chi connectivity index (χ0n) is 11.1. The number of anilines is 1. The van der Waals surface area contributed by atoms with Crippen LogP contribution in [0.3, 0.4) is 0 Å². The van der Waals surface area contributed by atoms with E-state index in [-0.39, 0.29) is 11.8 Å². The first-order chi connectivity index (χ1) is 9.65. The molecule has 1 amide bonds. The largest absolute Gasteiger partial charge is 0.369 e. The molecular weight excluding hydrogens is 318 g/mol. The van der Waals surface area contributed by atoms with Gasteiger partial charge in [0.15, 0.2) is 0 Å². The van der Waals surface area contributed by atoms with Crippen LogP contribution in [0.5, 0.6) is 0 Å². The fourth-order valence-electron chi connectivity index (χ4n) is 2.67. The maximum absolute atomic E-state index is 11.2. The Kier molecular flexibility index (Phi) is 3.61.